The molecule has 0 aliphatic carbocycles. The Kier molecular flexibility index (Phi) is 26.3. The second-order valence-corrected chi connectivity index (χ2v) is 24.7. The molecule has 0 radical (unpaired) electrons. The Balaban J connectivity index is 0.000000163. The summed E-state index contributed by atoms with van der Waals surface area (Å²) < 4.78 is 185. The SMILES string of the molecule is CCOc1ccc(-n2cc(-c3ccc(F)cc3)c(OC)cc2=O)c(C)c1.COc1cc(=O)n(-c2ccc(OC(F)(F)F)cc2)cc1-c1cnn(C)c1.O=C(CCc1ccccc1)c1cc(=O)n(-c2ccc(OC(F)(F)F)cc2)cc1-c1ccc(F)cc1.O=C(O)c1cc(=O)n(-c2ccc(OC(F)(F)F)cc2)cc1-c1ccc(F)cc1. The quantitative estimate of drug-likeness (QED) is 0.0555. The van der Waals surface area contributed by atoms with Crippen LogP contribution in [0.15, 0.2) is 275 Å². The van der Waals surface area contributed by atoms with Gasteiger partial charge in [-0.15, -0.1) is 39.5 Å². The summed E-state index contributed by atoms with van der Waals surface area (Å²) in [6, 6.07) is 50.7. The van der Waals surface area contributed by atoms with Gasteiger partial charge < -0.3 is 33.5 Å². The van der Waals surface area contributed by atoms with Crippen molar-refractivity contribution in [3.8, 4) is 102 Å². The fourth-order valence-electron chi connectivity index (χ4n) is 11.6. The molecule has 592 valence electrons. The van der Waals surface area contributed by atoms with E-state index in [9.17, 15) is 86.6 Å². The van der Waals surface area contributed by atoms with Crippen molar-refractivity contribution in [1.82, 2.24) is 28.0 Å². The molecule has 0 spiro atoms. The summed E-state index contributed by atoms with van der Waals surface area (Å²) in [5.74, 6) is -2.59. The third-order valence-corrected chi connectivity index (χ3v) is 16.9. The zero-order valence-corrected chi connectivity index (χ0v) is 60.9. The van der Waals surface area contributed by atoms with E-state index in [-0.39, 0.29) is 63.0 Å². The third kappa shape index (κ3) is 22.4. The van der Waals surface area contributed by atoms with Crippen molar-refractivity contribution in [2.45, 2.75) is 45.8 Å². The van der Waals surface area contributed by atoms with Gasteiger partial charge in [0.2, 0.25) is 0 Å². The van der Waals surface area contributed by atoms with Gasteiger partial charge in [0.15, 0.2) is 5.78 Å². The number of nitrogens with zero attached hydrogens (tertiary/aromatic N) is 6. The van der Waals surface area contributed by atoms with E-state index in [0.717, 1.165) is 92.9 Å². The first-order valence-corrected chi connectivity index (χ1v) is 34.2. The summed E-state index contributed by atoms with van der Waals surface area (Å²) in [6.45, 7) is 4.42. The molecule has 5 heterocycles. The number of pyridine rings is 4. The van der Waals surface area contributed by atoms with E-state index in [1.807, 2.05) is 62.4 Å². The predicted octanol–water partition coefficient (Wildman–Crippen LogP) is 18.1. The van der Waals surface area contributed by atoms with Crippen molar-refractivity contribution < 1.29 is 95.8 Å². The first-order valence-electron chi connectivity index (χ1n) is 34.2. The number of benzene rings is 8. The molecule has 0 unspecified atom stereocenters. The Labute approximate surface area is 645 Å². The standard InChI is InChI=1S/C27H19F4NO3.C21H20FNO3.C19H11F4NO4.C17H14F3N3O3/c28-20-9-7-19(8-10-20)24-17-32(21-11-13-22(14-12-21)35-27(29,30)31)26(34)16-23(24)25(33)15-6-18-4-2-1-3-5-18;1-4-26-17-9-10-19(14(2)11-17)23-13-18(20(25-3)12-21(23)24)15-5-7-16(22)8-6-15;20-12-3-1-11(2-4-12)16-10-24(17(25)9-15(16)18(26)27)13-5-7-14(8-6-13)28-19(21,22)23;1-22-9-11(8-21-22)14-10-23(16(24)7-15(14)25-2)12-3-5-13(6-4-12)26-17(18,19)20/h1-5,7-14,16-17H,6,15H2;5-13H,4H2,1-3H3;1-10H,(H,26,27);3-10H,1-2H3. The van der Waals surface area contributed by atoms with E-state index in [0.29, 0.717) is 58.0 Å². The molecule has 13 aromatic rings. The Morgan fingerprint density at radius 2 is 0.791 bits per heavy atom. The maximum absolute atomic E-state index is 13.5. The van der Waals surface area contributed by atoms with Crippen LogP contribution in [-0.2, 0) is 13.5 Å². The molecule has 5 aromatic heterocycles. The van der Waals surface area contributed by atoms with Crippen molar-refractivity contribution in [3.63, 3.8) is 0 Å². The molecule has 0 fully saturated rings. The highest BCUT2D eigenvalue weighted by Crippen LogP contribution is 2.35. The number of hydrogen-bond donors (Lipinski definition) is 1. The lowest BCUT2D eigenvalue weighted by atomic mass is 9.95. The van der Waals surface area contributed by atoms with Crippen LogP contribution in [0.4, 0.5) is 52.7 Å². The van der Waals surface area contributed by atoms with Crippen molar-refractivity contribution in [2.24, 2.45) is 7.05 Å². The summed E-state index contributed by atoms with van der Waals surface area (Å²) in [7, 11) is 4.71. The fraction of sp³-hybridized carbons (Fsp3) is 0.131. The summed E-state index contributed by atoms with van der Waals surface area (Å²) in [5, 5.41) is 13.5. The zero-order chi connectivity index (χ0) is 83.1. The second-order valence-electron chi connectivity index (χ2n) is 24.7. The number of aromatic carboxylic acids is 1. The van der Waals surface area contributed by atoms with E-state index in [1.165, 1.54) is 139 Å². The number of ether oxygens (including phenoxy) is 6. The van der Waals surface area contributed by atoms with Gasteiger partial charge in [-0.25, -0.2) is 18.0 Å². The lowest BCUT2D eigenvalue weighted by Gasteiger charge is -2.15. The van der Waals surface area contributed by atoms with E-state index in [2.05, 4.69) is 19.3 Å². The Bertz CT molecular complexity index is 5830. The Hall–Kier alpha value is -14.1. The van der Waals surface area contributed by atoms with E-state index < -0.39 is 59.3 Å². The third-order valence-electron chi connectivity index (χ3n) is 16.9. The van der Waals surface area contributed by atoms with Gasteiger partial charge in [0.25, 0.3) is 22.2 Å². The lowest BCUT2D eigenvalue weighted by Crippen LogP contribution is -2.20. The number of methoxy groups -OCH3 is 2. The molecule has 0 aliphatic heterocycles. The highest BCUT2D eigenvalue weighted by atomic mass is 19.4. The number of aryl methyl sites for hydroxylation is 3. The van der Waals surface area contributed by atoms with Crippen LogP contribution in [0.3, 0.4) is 0 Å². The molecular weight excluding hydrogens is 1530 g/mol. The van der Waals surface area contributed by atoms with Gasteiger partial charge >= 0.3 is 25.1 Å². The zero-order valence-electron chi connectivity index (χ0n) is 60.9. The maximum Gasteiger partial charge on any atom is 0.573 e. The van der Waals surface area contributed by atoms with Gasteiger partial charge in [0, 0.05) is 119 Å². The number of halogens is 12. The van der Waals surface area contributed by atoms with Crippen LogP contribution >= 0.6 is 0 Å². The van der Waals surface area contributed by atoms with Crippen LogP contribution in [0.5, 0.6) is 34.5 Å². The average Bonchev–Trinajstić information content (AvgIpc) is 1.55. The van der Waals surface area contributed by atoms with Gasteiger partial charge in [-0.1, -0.05) is 66.7 Å². The van der Waals surface area contributed by atoms with E-state index in [1.54, 1.807) is 53.2 Å². The lowest BCUT2D eigenvalue weighted by molar-refractivity contribution is -0.275. The molecule has 0 saturated heterocycles. The normalized spacial score (nSPS) is 11.2. The number of carboxylic acids is 1. The molecule has 1 N–H and O–H groups in total. The topological polar surface area (TPSA) is 216 Å². The van der Waals surface area contributed by atoms with Gasteiger partial charge in [-0.3, -0.25) is 46.9 Å². The van der Waals surface area contributed by atoms with Crippen LogP contribution in [0.25, 0.3) is 67.3 Å². The molecule has 0 bridgehead atoms. The Morgan fingerprint density at radius 3 is 1.17 bits per heavy atom. The van der Waals surface area contributed by atoms with E-state index in [4.69, 9.17) is 14.2 Å². The molecule has 19 nitrogen and oxygen atoms in total. The van der Waals surface area contributed by atoms with Crippen molar-refractivity contribution in [1.29, 1.82) is 0 Å². The minimum atomic E-state index is -4.85. The molecule has 13 rings (SSSR count). The highest BCUT2D eigenvalue weighted by Gasteiger charge is 2.33. The summed E-state index contributed by atoms with van der Waals surface area (Å²) in [4.78, 5) is 74.8. The van der Waals surface area contributed by atoms with Crippen LogP contribution in [-0.4, -0.2) is 84.8 Å². The van der Waals surface area contributed by atoms with Crippen molar-refractivity contribution >= 4 is 11.8 Å². The van der Waals surface area contributed by atoms with Crippen LogP contribution in [0.2, 0.25) is 0 Å². The molecule has 31 heteroatoms. The van der Waals surface area contributed by atoms with Gasteiger partial charge in [0.05, 0.1) is 38.3 Å². The number of carbonyl (C=O) groups is 2. The number of carboxylic acid groups (broad SMARTS) is 1. The number of rotatable bonds is 20. The number of hydrogen-bond acceptors (Lipinski definition) is 13. The summed E-state index contributed by atoms with van der Waals surface area (Å²) in [6.07, 6.45) is -4.51. The first-order chi connectivity index (χ1) is 54.6. The van der Waals surface area contributed by atoms with Gasteiger partial charge in [-0.2, -0.15) is 5.10 Å². The van der Waals surface area contributed by atoms with Crippen molar-refractivity contribution in [2.75, 3.05) is 20.8 Å². The number of Topliss-reactive ketones (excluding diaryl/α,β-unsaturated/α-hetero) is 1. The van der Waals surface area contributed by atoms with Crippen LogP contribution in [0.1, 0.15) is 45.2 Å². The van der Waals surface area contributed by atoms with Crippen molar-refractivity contribution in [3.05, 3.63) is 337 Å². The number of alkyl halides is 9. The molecular formula is C84H64F12N6O13. The smallest absolute Gasteiger partial charge is 0.496 e. The minimum absolute atomic E-state index is 0.141. The van der Waals surface area contributed by atoms with Crippen LogP contribution in [0, 0.1) is 24.4 Å². The predicted molar refractivity (Wildman–Crippen MR) is 402 cm³/mol. The molecule has 0 atom stereocenters. The molecule has 0 aliphatic rings. The minimum Gasteiger partial charge on any atom is -0.496 e. The summed E-state index contributed by atoms with van der Waals surface area (Å²) >= 11 is 0. The first kappa shape index (κ1) is 83.3. The molecule has 0 saturated carbocycles. The Morgan fingerprint density at radius 1 is 0.426 bits per heavy atom. The number of ketones is 1. The summed E-state index contributed by atoms with van der Waals surface area (Å²) in [5.41, 5.74) is 5.79. The monoisotopic (exact) mass is 1590 g/mol. The highest BCUT2D eigenvalue weighted by molar-refractivity contribution is 6.02. The van der Waals surface area contributed by atoms with Crippen LogP contribution < -0.4 is 50.7 Å². The molecule has 8 aromatic carbocycles. The number of carbonyl (C=O) groups excluding carboxylic acids is 1. The molecule has 0 amide bonds. The number of aromatic nitrogens is 6. The molecule has 115 heavy (non-hydrogen) atoms. The largest absolute Gasteiger partial charge is 0.573 e. The van der Waals surface area contributed by atoms with Gasteiger partial charge in [-0.05, 0) is 175 Å². The van der Waals surface area contributed by atoms with E-state index >= 15 is 0 Å². The average molecular weight is 1590 g/mol. The maximum atomic E-state index is 13.5. The second kappa shape index (κ2) is 36.4. The van der Waals surface area contributed by atoms with Gasteiger partial charge in [0.1, 0.15) is 51.9 Å². The fourth-order valence-corrected chi connectivity index (χ4v) is 11.6.